The maximum atomic E-state index is 6.75. The second kappa shape index (κ2) is 16.2. The fourth-order valence-corrected chi connectivity index (χ4v) is 9.06. The summed E-state index contributed by atoms with van der Waals surface area (Å²) in [5.74, 6) is 1.77. The Morgan fingerprint density at radius 1 is 0.246 bits per heavy atom. The van der Waals surface area contributed by atoms with E-state index in [-0.39, 0.29) is 0 Å². The van der Waals surface area contributed by atoms with Crippen LogP contribution in [-0.4, -0.2) is 15.0 Å². The summed E-state index contributed by atoms with van der Waals surface area (Å²) in [6, 6.07) is 82.9. The van der Waals surface area contributed by atoms with Gasteiger partial charge in [-0.2, -0.15) is 0 Å². The average Bonchev–Trinajstić information content (AvgIpc) is 3.79. The number of hydrogen-bond acceptors (Lipinski definition) is 4. The first-order valence-electron chi connectivity index (χ1n) is 21.9. The van der Waals surface area contributed by atoms with Crippen molar-refractivity contribution in [2.24, 2.45) is 0 Å². The Bertz CT molecular complexity index is 3650. The molecule has 2 aromatic heterocycles. The predicted molar refractivity (Wildman–Crippen MR) is 268 cm³/mol. The van der Waals surface area contributed by atoms with Crippen LogP contribution in [0.5, 0.6) is 0 Å². The van der Waals surface area contributed by atoms with Crippen LogP contribution >= 0.6 is 0 Å². The van der Waals surface area contributed by atoms with Crippen molar-refractivity contribution in [1.29, 1.82) is 0 Å². The second-order valence-electron chi connectivity index (χ2n) is 16.3. The van der Waals surface area contributed by atoms with Crippen molar-refractivity contribution in [3.8, 4) is 89.8 Å². The number of fused-ring (bicyclic) bond motifs is 4. The van der Waals surface area contributed by atoms with Gasteiger partial charge in [-0.3, -0.25) is 0 Å². The quantitative estimate of drug-likeness (QED) is 0.153. The van der Waals surface area contributed by atoms with Crippen molar-refractivity contribution < 1.29 is 4.42 Å². The first-order chi connectivity index (χ1) is 32.2. The zero-order valence-electron chi connectivity index (χ0n) is 35.3. The van der Waals surface area contributed by atoms with Crippen LogP contribution in [0.1, 0.15) is 0 Å². The summed E-state index contributed by atoms with van der Waals surface area (Å²) in [6.07, 6.45) is 0. The van der Waals surface area contributed by atoms with E-state index in [9.17, 15) is 0 Å². The molecule has 12 rings (SSSR count). The van der Waals surface area contributed by atoms with E-state index in [4.69, 9.17) is 19.4 Å². The largest absolute Gasteiger partial charge is 0.455 e. The van der Waals surface area contributed by atoms with E-state index in [2.05, 4.69) is 212 Å². The van der Waals surface area contributed by atoms with Gasteiger partial charge in [0.15, 0.2) is 17.5 Å². The maximum Gasteiger partial charge on any atom is 0.164 e. The van der Waals surface area contributed by atoms with E-state index in [0.29, 0.717) is 17.5 Å². The third kappa shape index (κ3) is 7.13. The summed E-state index contributed by atoms with van der Waals surface area (Å²) in [7, 11) is 0. The molecule has 4 nitrogen and oxygen atoms in total. The predicted octanol–water partition coefficient (Wildman–Crippen LogP) is 16.3. The molecule has 0 aliphatic rings. The molecule has 304 valence electrons. The molecule has 0 amide bonds. The summed E-state index contributed by atoms with van der Waals surface area (Å²) in [5.41, 5.74) is 15.7. The monoisotopic (exact) mass is 829 g/mol. The minimum atomic E-state index is 0.578. The lowest BCUT2D eigenvalue weighted by atomic mass is 9.97. The van der Waals surface area contributed by atoms with E-state index in [1.54, 1.807) is 0 Å². The SMILES string of the molecule is c1ccc(-c2ccc(-c3ccc(-c4nc(-c5ccc(-c6cccc7ccccc67)cc5)nc(-c5cccc6oc7c(-c8ccc(-c9ccccc9)cc8)cccc7c56)n4)cc3)cc2)cc1. The molecule has 0 atom stereocenters. The lowest BCUT2D eigenvalue weighted by Gasteiger charge is -2.11. The Labute approximate surface area is 376 Å². The fraction of sp³-hybridized carbons (Fsp3) is 0. The van der Waals surface area contributed by atoms with Crippen LogP contribution in [0.4, 0.5) is 0 Å². The van der Waals surface area contributed by atoms with Gasteiger partial charge in [0.1, 0.15) is 11.2 Å². The van der Waals surface area contributed by atoms with Gasteiger partial charge in [-0.1, -0.05) is 231 Å². The molecule has 0 saturated carbocycles. The normalized spacial score (nSPS) is 11.4. The Hall–Kier alpha value is -8.73. The number of furan rings is 1. The molecule has 0 spiro atoms. The fourth-order valence-electron chi connectivity index (χ4n) is 9.06. The lowest BCUT2D eigenvalue weighted by molar-refractivity contribution is 0.670. The van der Waals surface area contributed by atoms with E-state index in [1.165, 1.54) is 38.6 Å². The van der Waals surface area contributed by atoms with Crippen molar-refractivity contribution in [3.05, 3.63) is 237 Å². The molecule has 0 aliphatic heterocycles. The zero-order valence-corrected chi connectivity index (χ0v) is 35.3. The van der Waals surface area contributed by atoms with Crippen LogP contribution in [0.3, 0.4) is 0 Å². The van der Waals surface area contributed by atoms with Gasteiger partial charge >= 0.3 is 0 Å². The summed E-state index contributed by atoms with van der Waals surface area (Å²) >= 11 is 0. The molecule has 10 aromatic carbocycles. The molecule has 0 radical (unpaired) electrons. The van der Waals surface area contributed by atoms with Crippen molar-refractivity contribution in [2.45, 2.75) is 0 Å². The molecule has 4 heteroatoms. The van der Waals surface area contributed by atoms with Crippen LogP contribution in [0.2, 0.25) is 0 Å². The van der Waals surface area contributed by atoms with E-state index >= 15 is 0 Å². The van der Waals surface area contributed by atoms with Gasteiger partial charge in [0.05, 0.1) is 0 Å². The molecule has 0 saturated heterocycles. The highest BCUT2D eigenvalue weighted by Gasteiger charge is 2.20. The van der Waals surface area contributed by atoms with Crippen LogP contribution in [0.15, 0.2) is 241 Å². The summed E-state index contributed by atoms with van der Waals surface area (Å²) in [4.78, 5) is 15.6. The second-order valence-corrected chi connectivity index (χ2v) is 16.3. The molecular weight excluding hydrogens is 791 g/mol. The van der Waals surface area contributed by atoms with Crippen molar-refractivity contribution in [1.82, 2.24) is 15.0 Å². The summed E-state index contributed by atoms with van der Waals surface area (Å²) < 4.78 is 6.75. The van der Waals surface area contributed by atoms with Crippen molar-refractivity contribution in [3.63, 3.8) is 0 Å². The molecule has 65 heavy (non-hydrogen) atoms. The van der Waals surface area contributed by atoms with Gasteiger partial charge < -0.3 is 4.42 Å². The highest BCUT2D eigenvalue weighted by Crippen LogP contribution is 2.41. The number of rotatable bonds is 8. The van der Waals surface area contributed by atoms with E-state index in [1.807, 2.05) is 24.3 Å². The number of aromatic nitrogens is 3. The van der Waals surface area contributed by atoms with Gasteiger partial charge in [0.2, 0.25) is 0 Å². The van der Waals surface area contributed by atoms with Crippen LogP contribution in [-0.2, 0) is 0 Å². The van der Waals surface area contributed by atoms with E-state index < -0.39 is 0 Å². The third-order valence-electron chi connectivity index (χ3n) is 12.4. The molecule has 0 unspecified atom stereocenters. The van der Waals surface area contributed by atoms with Gasteiger partial charge in [-0.25, -0.2) is 15.0 Å². The minimum Gasteiger partial charge on any atom is -0.455 e. The smallest absolute Gasteiger partial charge is 0.164 e. The number of benzene rings is 10. The standard InChI is InChI=1S/C61H39N3O/c1-3-12-40(13-4-1)42-24-26-44(27-25-42)45-30-36-49(37-31-45)59-62-60(50-38-34-47(35-39-50)52-19-9-17-46-16-7-8-18-51(46)52)64-61(63-59)55-22-11-23-56-57(55)54-21-10-20-53(58(54)65-56)48-32-28-43(29-33-48)41-14-5-2-6-15-41/h1-39H. The highest BCUT2D eigenvalue weighted by molar-refractivity contribution is 6.15. The molecular formula is C61H39N3O. The summed E-state index contributed by atoms with van der Waals surface area (Å²) in [6.45, 7) is 0. The molecule has 12 aromatic rings. The van der Waals surface area contributed by atoms with Crippen LogP contribution in [0.25, 0.3) is 123 Å². The first kappa shape index (κ1) is 38.0. The summed E-state index contributed by atoms with van der Waals surface area (Å²) in [5, 5.41) is 4.40. The Morgan fingerprint density at radius 2 is 0.631 bits per heavy atom. The van der Waals surface area contributed by atoms with Gasteiger partial charge in [0, 0.05) is 33.0 Å². The number of hydrogen-bond donors (Lipinski definition) is 0. The Morgan fingerprint density at radius 3 is 1.22 bits per heavy atom. The molecule has 2 heterocycles. The van der Waals surface area contributed by atoms with Gasteiger partial charge in [-0.15, -0.1) is 0 Å². The molecule has 0 fully saturated rings. The topological polar surface area (TPSA) is 51.8 Å². The molecule has 0 aliphatic carbocycles. The van der Waals surface area contributed by atoms with Crippen LogP contribution in [0, 0.1) is 0 Å². The highest BCUT2D eigenvalue weighted by atomic mass is 16.3. The average molecular weight is 830 g/mol. The van der Waals surface area contributed by atoms with E-state index in [0.717, 1.165) is 66.4 Å². The van der Waals surface area contributed by atoms with Gasteiger partial charge in [-0.05, 0) is 66.9 Å². The maximum absolute atomic E-state index is 6.75. The molecule has 0 N–H and O–H groups in total. The number of para-hydroxylation sites is 1. The zero-order chi connectivity index (χ0) is 43.1. The Balaban J connectivity index is 0.959. The van der Waals surface area contributed by atoms with Crippen LogP contribution < -0.4 is 0 Å². The van der Waals surface area contributed by atoms with Crippen molar-refractivity contribution in [2.75, 3.05) is 0 Å². The van der Waals surface area contributed by atoms with Crippen molar-refractivity contribution >= 4 is 32.7 Å². The third-order valence-corrected chi connectivity index (χ3v) is 12.4. The Kier molecular flexibility index (Phi) is 9.46. The molecule has 0 bridgehead atoms. The van der Waals surface area contributed by atoms with Gasteiger partial charge in [0.25, 0.3) is 0 Å². The number of nitrogens with zero attached hydrogens (tertiary/aromatic N) is 3. The minimum absolute atomic E-state index is 0.578. The lowest BCUT2D eigenvalue weighted by Crippen LogP contribution is -2.00. The first-order valence-corrected chi connectivity index (χ1v) is 21.9.